The lowest BCUT2D eigenvalue weighted by Gasteiger charge is -2.34. The first kappa shape index (κ1) is 13.8. The van der Waals surface area contributed by atoms with E-state index in [4.69, 9.17) is 4.74 Å². The average Bonchev–Trinajstić information content (AvgIpc) is 3.17. The number of H-pyrrole nitrogens is 1. The Balaban J connectivity index is 1.51. The van der Waals surface area contributed by atoms with E-state index in [2.05, 4.69) is 25.4 Å². The molecule has 0 radical (unpaired) electrons. The molecule has 0 amide bonds. The summed E-state index contributed by atoms with van der Waals surface area (Å²) in [7, 11) is 1.71. The molecule has 2 fully saturated rings. The van der Waals surface area contributed by atoms with E-state index in [-0.39, 0.29) is 0 Å². The number of aromatic nitrogens is 3. The van der Waals surface area contributed by atoms with Crippen LogP contribution in [0.25, 0.3) is 0 Å². The van der Waals surface area contributed by atoms with Crippen molar-refractivity contribution in [2.45, 2.75) is 38.1 Å². The molecule has 1 atom stereocenters. The van der Waals surface area contributed by atoms with Crippen LogP contribution in [0.3, 0.4) is 0 Å². The molecule has 6 nitrogen and oxygen atoms in total. The second-order valence-electron chi connectivity index (χ2n) is 5.85. The monoisotopic (exact) mass is 279 g/mol. The largest absolute Gasteiger partial charge is 0.384 e. The van der Waals surface area contributed by atoms with E-state index in [1.165, 1.54) is 32.2 Å². The first-order valence-corrected chi connectivity index (χ1v) is 7.75. The fourth-order valence-electron chi connectivity index (χ4n) is 3.35. The quantitative estimate of drug-likeness (QED) is 0.840. The number of methoxy groups -OCH3 is 1. The molecule has 112 valence electrons. The number of aromatic amines is 1. The van der Waals surface area contributed by atoms with Crippen LogP contribution in [0, 0.1) is 5.92 Å². The van der Waals surface area contributed by atoms with Gasteiger partial charge in [-0.15, -0.1) is 5.10 Å². The van der Waals surface area contributed by atoms with Crippen molar-refractivity contribution in [3.8, 4) is 0 Å². The number of nitrogens with zero attached hydrogens (tertiary/aromatic N) is 3. The molecule has 2 aliphatic heterocycles. The standard InChI is InChI=1S/C14H25N5O/c1-20-10-6-13-16-14(18-17-13)19-8-4-11(5-9-19)12-3-2-7-15-12/h11-12,15H,2-10H2,1H3,(H,16,17,18). The number of nitrogens with one attached hydrogen (secondary N) is 2. The minimum atomic E-state index is 0.685. The van der Waals surface area contributed by atoms with Crippen LogP contribution >= 0.6 is 0 Å². The number of ether oxygens (including phenoxy) is 1. The van der Waals surface area contributed by atoms with Gasteiger partial charge in [-0.05, 0) is 38.1 Å². The molecule has 0 aromatic carbocycles. The highest BCUT2D eigenvalue weighted by Gasteiger charge is 2.29. The molecule has 6 heteroatoms. The molecular formula is C14H25N5O. The summed E-state index contributed by atoms with van der Waals surface area (Å²) < 4.78 is 5.06. The molecule has 3 heterocycles. The normalized spacial score (nSPS) is 24.4. The van der Waals surface area contributed by atoms with E-state index < -0.39 is 0 Å². The fourth-order valence-corrected chi connectivity index (χ4v) is 3.35. The molecular weight excluding hydrogens is 254 g/mol. The van der Waals surface area contributed by atoms with Crippen LogP contribution in [0.4, 0.5) is 5.95 Å². The molecule has 20 heavy (non-hydrogen) atoms. The molecule has 2 N–H and O–H groups in total. The average molecular weight is 279 g/mol. The van der Waals surface area contributed by atoms with Crippen molar-refractivity contribution < 1.29 is 4.74 Å². The van der Waals surface area contributed by atoms with Gasteiger partial charge in [0.15, 0.2) is 0 Å². The third-order valence-corrected chi connectivity index (χ3v) is 4.55. The van der Waals surface area contributed by atoms with Gasteiger partial charge < -0.3 is 15.0 Å². The van der Waals surface area contributed by atoms with E-state index in [0.717, 1.165) is 43.2 Å². The van der Waals surface area contributed by atoms with E-state index in [1.807, 2.05) is 0 Å². The molecule has 0 spiro atoms. The van der Waals surface area contributed by atoms with Gasteiger partial charge in [-0.2, -0.15) is 4.98 Å². The van der Waals surface area contributed by atoms with Crippen molar-refractivity contribution in [1.29, 1.82) is 0 Å². The summed E-state index contributed by atoms with van der Waals surface area (Å²) in [5, 5.41) is 11.0. The minimum absolute atomic E-state index is 0.685. The molecule has 1 unspecified atom stereocenters. The van der Waals surface area contributed by atoms with Gasteiger partial charge in [0.05, 0.1) is 6.61 Å². The van der Waals surface area contributed by atoms with Crippen LogP contribution < -0.4 is 10.2 Å². The van der Waals surface area contributed by atoms with E-state index in [9.17, 15) is 0 Å². The van der Waals surface area contributed by atoms with Gasteiger partial charge in [0.25, 0.3) is 0 Å². The van der Waals surface area contributed by atoms with Gasteiger partial charge in [0.1, 0.15) is 5.82 Å². The Bertz CT molecular complexity index is 407. The molecule has 3 rings (SSSR count). The van der Waals surface area contributed by atoms with Crippen molar-refractivity contribution in [2.24, 2.45) is 5.92 Å². The smallest absolute Gasteiger partial charge is 0.244 e. The molecule has 0 saturated carbocycles. The summed E-state index contributed by atoms with van der Waals surface area (Å²) in [6, 6.07) is 0.751. The van der Waals surface area contributed by atoms with Crippen LogP contribution in [0.2, 0.25) is 0 Å². The lowest BCUT2D eigenvalue weighted by molar-refractivity contribution is 0.200. The van der Waals surface area contributed by atoms with Crippen molar-refractivity contribution in [3.63, 3.8) is 0 Å². The Hall–Kier alpha value is -1.14. The first-order valence-electron chi connectivity index (χ1n) is 7.75. The lowest BCUT2D eigenvalue weighted by atomic mass is 9.89. The number of hydrogen-bond acceptors (Lipinski definition) is 5. The van der Waals surface area contributed by atoms with Crippen molar-refractivity contribution in [3.05, 3.63) is 5.82 Å². The zero-order valence-corrected chi connectivity index (χ0v) is 12.3. The molecule has 1 aromatic rings. The van der Waals surface area contributed by atoms with Gasteiger partial charge in [-0.25, -0.2) is 0 Å². The second kappa shape index (κ2) is 6.54. The third-order valence-electron chi connectivity index (χ3n) is 4.55. The highest BCUT2D eigenvalue weighted by molar-refractivity contribution is 5.29. The van der Waals surface area contributed by atoms with Gasteiger partial charge >= 0.3 is 0 Å². The Kier molecular flexibility index (Phi) is 4.52. The Morgan fingerprint density at radius 3 is 2.85 bits per heavy atom. The van der Waals surface area contributed by atoms with Crippen molar-refractivity contribution >= 4 is 5.95 Å². The number of hydrogen-bond donors (Lipinski definition) is 2. The van der Waals surface area contributed by atoms with Crippen LogP contribution in [0.5, 0.6) is 0 Å². The number of anilines is 1. The second-order valence-corrected chi connectivity index (χ2v) is 5.85. The van der Waals surface area contributed by atoms with Crippen molar-refractivity contribution in [1.82, 2.24) is 20.5 Å². The van der Waals surface area contributed by atoms with Crippen molar-refractivity contribution in [2.75, 3.05) is 38.3 Å². The van der Waals surface area contributed by atoms with E-state index in [0.29, 0.717) is 6.61 Å². The van der Waals surface area contributed by atoms with E-state index >= 15 is 0 Å². The predicted molar refractivity (Wildman–Crippen MR) is 77.9 cm³/mol. The Morgan fingerprint density at radius 1 is 1.30 bits per heavy atom. The van der Waals surface area contributed by atoms with Gasteiger partial charge in [-0.1, -0.05) is 0 Å². The zero-order chi connectivity index (χ0) is 13.8. The highest BCUT2D eigenvalue weighted by Crippen LogP contribution is 2.27. The Morgan fingerprint density at radius 2 is 2.15 bits per heavy atom. The number of piperidine rings is 1. The Labute approximate surface area is 120 Å². The zero-order valence-electron chi connectivity index (χ0n) is 12.3. The summed E-state index contributed by atoms with van der Waals surface area (Å²) in [6.07, 6.45) is 5.99. The summed E-state index contributed by atoms with van der Waals surface area (Å²) in [4.78, 5) is 6.86. The summed E-state index contributed by atoms with van der Waals surface area (Å²) >= 11 is 0. The van der Waals surface area contributed by atoms with Gasteiger partial charge in [-0.3, -0.25) is 5.10 Å². The molecule has 1 aromatic heterocycles. The van der Waals surface area contributed by atoms with Gasteiger partial charge in [0.2, 0.25) is 5.95 Å². The summed E-state index contributed by atoms with van der Waals surface area (Å²) in [5.41, 5.74) is 0. The topological polar surface area (TPSA) is 66.1 Å². The van der Waals surface area contributed by atoms with Crippen LogP contribution in [-0.2, 0) is 11.2 Å². The third kappa shape index (κ3) is 3.12. The number of rotatable bonds is 5. The molecule has 2 saturated heterocycles. The summed E-state index contributed by atoms with van der Waals surface area (Å²) in [6.45, 7) is 4.04. The SMILES string of the molecule is COCCc1nc(N2CCC(C3CCCN3)CC2)n[nH]1. The minimum Gasteiger partial charge on any atom is -0.384 e. The maximum Gasteiger partial charge on any atom is 0.244 e. The van der Waals surface area contributed by atoms with Crippen LogP contribution in [-0.4, -0.2) is 54.6 Å². The van der Waals surface area contributed by atoms with Gasteiger partial charge in [0, 0.05) is 32.7 Å². The van der Waals surface area contributed by atoms with Crippen LogP contribution in [0.15, 0.2) is 0 Å². The first-order chi connectivity index (χ1) is 9.86. The molecule has 2 aliphatic rings. The van der Waals surface area contributed by atoms with Crippen LogP contribution in [0.1, 0.15) is 31.5 Å². The predicted octanol–water partition coefficient (Wildman–Crippen LogP) is 0.962. The summed E-state index contributed by atoms with van der Waals surface area (Å²) in [5.74, 6) is 2.61. The fraction of sp³-hybridized carbons (Fsp3) is 0.857. The molecule has 0 aliphatic carbocycles. The maximum absolute atomic E-state index is 5.06. The molecule has 0 bridgehead atoms. The van der Waals surface area contributed by atoms with E-state index in [1.54, 1.807) is 7.11 Å². The lowest BCUT2D eigenvalue weighted by Crippen LogP contribution is -2.41. The maximum atomic E-state index is 5.06. The highest BCUT2D eigenvalue weighted by atomic mass is 16.5.